The van der Waals surface area contributed by atoms with Gasteiger partial charge in [0.2, 0.25) is 5.91 Å². The number of rotatable bonds is 4. The first-order valence-electron chi connectivity index (χ1n) is 6.19. The zero-order valence-electron chi connectivity index (χ0n) is 11.4. The minimum atomic E-state index is -0.508. The van der Waals surface area contributed by atoms with E-state index in [1.165, 1.54) is 14.0 Å². The predicted octanol–water partition coefficient (Wildman–Crippen LogP) is 2.03. The number of ether oxygens (including phenoxy) is 1. The Kier molecular flexibility index (Phi) is 4.55. The maximum Gasteiger partial charge on any atom is 0.221 e. The van der Waals surface area contributed by atoms with E-state index >= 15 is 0 Å². The van der Waals surface area contributed by atoms with Crippen LogP contribution in [0.5, 0.6) is 5.75 Å². The Morgan fingerprint density at radius 1 is 1.30 bits per heavy atom. The summed E-state index contributed by atoms with van der Waals surface area (Å²) in [5.74, 6) is 0.526. The molecule has 0 fully saturated rings. The monoisotopic (exact) mass is 272 g/mol. The summed E-state index contributed by atoms with van der Waals surface area (Å²) in [6.45, 7) is 1.45. The summed E-state index contributed by atoms with van der Waals surface area (Å²) in [6.07, 6.45) is 4.84. The van der Waals surface area contributed by atoms with Crippen LogP contribution < -0.4 is 10.1 Å². The van der Waals surface area contributed by atoms with E-state index in [2.05, 4.69) is 10.5 Å². The molecule has 0 bridgehead atoms. The van der Waals surface area contributed by atoms with Crippen molar-refractivity contribution in [3.8, 4) is 5.75 Å². The third-order valence-corrected chi connectivity index (χ3v) is 2.61. The average Bonchev–Trinajstić information content (AvgIpc) is 2.43. The highest BCUT2D eigenvalue weighted by Crippen LogP contribution is 2.18. The zero-order chi connectivity index (χ0) is 14.4. The van der Waals surface area contributed by atoms with Gasteiger partial charge in [-0.3, -0.25) is 4.79 Å². The molecule has 5 nitrogen and oxygen atoms in total. The Labute approximate surface area is 117 Å². The summed E-state index contributed by atoms with van der Waals surface area (Å²) in [7, 11) is 1.47. The molecule has 1 atom stereocenters. The first-order valence-corrected chi connectivity index (χ1v) is 6.19. The molecule has 0 aliphatic heterocycles. The van der Waals surface area contributed by atoms with E-state index in [-0.39, 0.29) is 5.91 Å². The van der Waals surface area contributed by atoms with Gasteiger partial charge in [-0.15, -0.1) is 0 Å². The van der Waals surface area contributed by atoms with Crippen LogP contribution >= 0.6 is 0 Å². The van der Waals surface area contributed by atoms with Gasteiger partial charge in [-0.1, -0.05) is 29.4 Å². The maximum atomic E-state index is 11.3. The van der Waals surface area contributed by atoms with Gasteiger partial charge in [-0.25, -0.2) is 0 Å². The van der Waals surface area contributed by atoms with E-state index in [1.807, 2.05) is 30.3 Å². The second kappa shape index (κ2) is 6.56. The number of oxime groups is 1. The van der Waals surface area contributed by atoms with Gasteiger partial charge >= 0.3 is 0 Å². The SMILES string of the molecule is CON=C1C=CC=C(NC(C)=O)C1Oc1ccccc1. The van der Waals surface area contributed by atoms with Crippen molar-refractivity contribution < 1.29 is 14.4 Å². The lowest BCUT2D eigenvalue weighted by atomic mass is 10.1. The molecule has 0 aromatic heterocycles. The number of carbonyl (C=O) groups excluding carboxylic acids is 1. The number of hydrogen-bond donors (Lipinski definition) is 1. The van der Waals surface area contributed by atoms with Crippen LogP contribution in [0.3, 0.4) is 0 Å². The molecule has 1 N–H and O–H groups in total. The fraction of sp³-hybridized carbons (Fsp3) is 0.200. The number of nitrogens with zero attached hydrogens (tertiary/aromatic N) is 1. The molecule has 104 valence electrons. The van der Waals surface area contributed by atoms with Crippen molar-refractivity contribution in [2.75, 3.05) is 7.11 Å². The van der Waals surface area contributed by atoms with Crippen molar-refractivity contribution in [1.29, 1.82) is 0 Å². The number of amides is 1. The third kappa shape index (κ3) is 3.47. The van der Waals surface area contributed by atoms with Gasteiger partial charge in [0.25, 0.3) is 0 Å². The normalized spacial score (nSPS) is 19.4. The van der Waals surface area contributed by atoms with Crippen LogP contribution in [0, 0.1) is 0 Å². The second-order valence-corrected chi connectivity index (χ2v) is 4.17. The minimum Gasteiger partial charge on any atom is -0.478 e. The molecule has 5 heteroatoms. The third-order valence-electron chi connectivity index (χ3n) is 2.61. The number of para-hydroxylation sites is 1. The Morgan fingerprint density at radius 3 is 2.70 bits per heavy atom. The number of nitrogens with one attached hydrogen (secondary N) is 1. The van der Waals surface area contributed by atoms with Gasteiger partial charge in [0.15, 0.2) is 6.10 Å². The Morgan fingerprint density at radius 2 is 2.05 bits per heavy atom. The van der Waals surface area contributed by atoms with Crippen molar-refractivity contribution in [1.82, 2.24) is 5.32 Å². The zero-order valence-corrected chi connectivity index (χ0v) is 11.4. The second-order valence-electron chi connectivity index (χ2n) is 4.17. The summed E-state index contributed by atoms with van der Waals surface area (Å²) in [5, 5.41) is 6.68. The van der Waals surface area contributed by atoms with Crippen LogP contribution in [0.2, 0.25) is 0 Å². The van der Waals surface area contributed by atoms with Crippen molar-refractivity contribution >= 4 is 11.6 Å². The van der Waals surface area contributed by atoms with Gasteiger partial charge in [-0.2, -0.15) is 0 Å². The van der Waals surface area contributed by atoms with Crippen LogP contribution in [-0.2, 0) is 9.63 Å². The largest absolute Gasteiger partial charge is 0.478 e. The molecule has 0 saturated carbocycles. The quantitative estimate of drug-likeness (QED) is 0.853. The fourth-order valence-electron chi connectivity index (χ4n) is 1.84. The number of hydrogen-bond acceptors (Lipinski definition) is 4. The maximum absolute atomic E-state index is 11.3. The van der Waals surface area contributed by atoms with E-state index in [1.54, 1.807) is 18.2 Å². The molecule has 0 radical (unpaired) electrons. The Balaban J connectivity index is 2.26. The van der Waals surface area contributed by atoms with Gasteiger partial charge in [0.1, 0.15) is 18.6 Å². The molecule has 2 rings (SSSR count). The van der Waals surface area contributed by atoms with Crippen molar-refractivity contribution in [2.24, 2.45) is 5.16 Å². The van der Waals surface area contributed by atoms with Crippen molar-refractivity contribution in [3.05, 3.63) is 54.3 Å². The molecule has 0 spiro atoms. The molecule has 0 saturated heterocycles. The fourth-order valence-corrected chi connectivity index (χ4v) is 1.84. The van der Waals surface area contributed by atoms with Crippen LogP contribution in [0.25, 0.3) is 0 Å². The minimum absolute atomic E-state index is 0.162. The van der Waals surface area contributed by atoms with Crippen LogP contribution in [0.4, 0.5) is 0 Å². The van der Waals surface area contributed by atoms with Gasteiger partial charge in [0.05, 0.1) is 5.70 Å². The highest BCUT2D eigenvalue weighted by Gasteiger charge is 2.25. The molecule has 0 heterocycles. The standard InChI is InChI=1S/C15H16N2O3/c1-11(18)16-13-9-6-10-14(17-19-2)15(13)20-12-7-4-3-5-8-12/h3-10,15H,1-2H3,(H,16,18). The van der Waals surface area contributed by atoms with E-state index in [4.69, 9.17) is 9.57 Å². The molecule has 1 aliphatic rings. The lowest BCUT2D eigenvalue weighted by molar-refractivity contribution is -0.118. The summed E-state index contributed by atoms with van der Waals surface area (Å²) in [5.41, 5.74) is 1.21. The smallest absolute Gasteiger partial charge is 0.221 e. The number of benzene rings is 1. The van der Waals surface area contributed by atoms with Gasteiger partial charge in [-0.05, 0) is 24.3 Å². The number of carbonyl (C=O) groups is 1. The summed E-state index contributed by atoms with van der Waals surface area (Å²) in [4.78, 5) is 16.1. The van der Waals surface area contributed by atoms with Gasteiger partial charge < -0.3 is 14.9 Å². The topological polar surface area (TPSA) is 59.9 Å². The molecular weight excluding hydrogens is 256 g/mol. The van der Waals surface area contributed by atoms with Crippen molar-refractivity contribution in [3.63, 3.8) is 0 Å². The van der Waals surface area contributed by atoms with Gasteiger partial charge in [0, 0.05) is 6.92 Å². The summed E-state index contributed by atoms with van der Waals surface area (Å²) in [6, 6.07) is 9.34. The van der Waals surface area contributed by atoms with E-state index in [9.17, 15) is 4.79 Å². The van der Waals surface area contributed by atoms with E-state index in [0.717, 1.165) is 0 Å². The van der Waals surface area contributed by atoms with Crippen LogP contribution in [0.15, 0.2) is 59.4 Å². The van der Waals surface area contributed by atoms with Crippen LogP contribution in [-0.4, -0.2) is 24.8 Å². The summed E-state index contributed by atoms with van der Waals surface area (Å²) >= 11 is 0. The first kappa shape index (κ1) is 13.9. The molecule has 1 aromatic rings. The molecule has 1 amide bonds. The van der Waals surface area contributed by atoms with E-state index < -0.39 is 6.10 Å². The molecule has 1 aromatic carbocycles. The summed E-state index contributed by atoms with van der Waals surface area (Å²) < 4.78 is 5.89. The Hall–Kier alpha value is -2.56. The molecule has 1 unspecified atom stereocenters. The molecule has 20 heavy (non-hydrogen) atoms. The Bertz CT molecular complexity index is 562. The highest BCUT2D eigenvalue weighted by atomic mass is 16.6. The predicted molar refractivity (Wildman–Crippen MR) is 76.3 cm³/mol. The number of allylic oxidation sites excluding steroid dienone is 2. The van der Waals surface area contributed by atoms with E-state index in [0.29, 0.717) is 17.2 Å². The average molecular weight is 272 g/mol. The highest BCUT2D eigenvalue weighted by molar-refractivity contribution is 6.02. The van der Waals surface area contributed by atoms with Crippen molar-refractivity contribution in [2.45, 2.75) is 13.0 Å². The lowest BCUT2D eigenvalue weighted by Crippen LogP contribution is -2.38. The van der Waals surface area contributed by atoms with Crippen LogP contribution in [0.1, 0.15) is 6.92 Å². The lowest BCUT2D eigenvalue weighted by Gasteiger charge is -2.24. The molecule has 1 aliphatic carbocycles. The molecular formula is C15H16N2O3. The first-order chi connectivity index (χ1) is 9.70.